The average Bonchev–Trinajstić information content (AvgIpc) is 2.86. The van der Waals surface area contributed by atoms with E-state index in [1.165, 1.54) is 16.8 Å². The number of anilines is 1. The van der Waals surface area contributed by atoms with Crippen LogP contribution in [0.1, 0.15) is 36.6 Å². The lowest BCUT2D eigenvalue weighted by Gasteiger charge is -2.38. The van der Waals surface area contributed by atoms with Gasteiger partial charge in [-0.3, -0.25) is 4.90 Å². The van der Waals surface area contributed by atoms with Gasteiger partial charge in [-0.25, -0.2) is 9.59 Å². The highest BCUT2D eigenvalue weighted by atomic mass is 16.5. The molecule has 2 aliphatic rings. The summed E-state index contributed by atoms with van der Waals surface area (Å²) in [5.41, 5.74) is 5.62. The van der Waals surface area contributed by atoms with Crippen LogP contribution in [0.15, 0.2) is 53.7 Å². The summed E-state index contributed by atoms with van der Waals surface area (Å²) in [5.74, 6) is 0.318. The van der Waals surface area contributed by atoms with Crippen LogP contribution in [-0.2, 0) is 9.53 Å². The Bertz CT molecular complexity index is 1120. The molecule has 4 rings (SSSR count). The molecule has 0 spiro atoms. The van der Waals surface area contributed by atoms with Crippen LogP contribution in [0.4, 0.5) is 10.5 Å². The van der Waals surface area contributed by atoms with Crippen molar-refractivity contribution in [3.63, 3.8) is 0 Å². The van der Waals surface area contributed by atoms with Crippen LogP contribution in [0.25, 0.3) is 0 Å². The Balaban J connectivity index is 1.55. The van der Waals surface area contributed by atoms with Crippen molar-refractivity contribution >= 4 is 17.7 Å². The second-order valence-electron chi connectivity index (χ2n) is 9.20. The number of nitrogens with one attached hydrogen (secondary N) is 2. The van der Waals surface area contributed by atoms with E-state index in [0.29, 0.717) is 24.4 Å². The maximum Gasteiger partial charge on any atom is 0.338 e. The minimum atomic E-state index is -0.597. The zero-order valence-corrected chi connectivity index (χ0v) is 21.6. The van der Waals surface area contributed by atoms with Gasteiger partial charge in [-0.1, -0.05) is 24.3 Å². The van der Waals surface area contributed by atoms with Crippen molar-refractivity contribution in [3.8, 4) is 5.75 Å². The van der Waals surface area contributed by atoms with E-state index in [-0.39, 0.29) is 12.6 Å². The first-order valence-corrected chi connectivity index (χ1v) is 12.6. The number of ether oxygens (including phenoxy) is 2. The van der Waals surface area contributed by atoms with Crippen molar-refractivity contribution in [1.82, 2.24) is 15.5 Å². The Morgan fingerprint density at radius 1 is 1.00 bits per heavy atom. The van der Waals surface area contributed by atoms with E-state index in [9.17, 15) is 9.59 Å². The highest BCUT2D eigenvalue weighted by Crippen LogP contribution is 2.30. The molecule has 0 unspecified atom stereocenters. The number of carbonyl (C=O) groups is 2. The summed E-state index contributed by atoms with van der Waals surface area (Å²) in [6, 6.07) is 13.1. The van der Waals surface area contributed by atoms with Gasteiger partial charge in [0.1, 0.15) is 5.75 Å². The number of benzene rings is 2. The molecule has 1 fully saturated rings. The number of nitrogens with zero attached hydrogens (tertiary/aromatic N) is 2. The van der Waals surface area contributed by atoms with Crippen molar-refractivity contribution in [1.29, 1.82) is 0 Å². The third kappa shape index (κ3) is 5.82. The van der Waals surface area contributed by atoms with Gasteiger partial charge in [0.05, 0.1) is 24.8 Å². The average molecular weight is 493 g/mol. The van der Waals surface area contributed by atoms with Gasteiger partial charge < -0.3 is 25.0 Å². The first-order valence-electron chi connectivity index (χ1n) is 12.6. The lowest BCUT2D eigenvalue weighted by atomic mass is 9.94. The maximum atomic E-state index is 13.1. The molecule has 2 aromatic rings. The molecule has 2 aromatic carbocycles. The van der Waals surface area contributed by atoms with Crippen LogP contribution in [0.3, 0.4) is 0 Å². The van der Waals surface area contributed by atoms with E-state index in [1.54, 1.807) is 6.92 Å². The molecule has 0 aliphatic carbocycles. The summed E-state index contributed by atoms with van der Waals surface area (Å²) < 4.78 is 11.0. The molecule has 36 heavy (non-hydrogen) atoms. The van der Waals surface area contributed by atoms with Gasteiger partial charge in [0.15, 0.2) is 0 Å². The van der Waals surface area contributed by atoms with Gasteiger partial charge >= 0.3 is 12.0 Å². The fourth-order valence-electron chi connectivity index (χ4n) is 4.80. The van der Waals surface area contributed by atoms with Gasteiger partial charge in [0, 0.05) is 44.1 Å². The van der Waals surface area contributed by atoms with Gasteiger partial charge in [0.2, 0.25) is 0 Å². The van der Waals surface area contributed by atoms with Crippen molar-refractivity contribution in [2.45, 2.75) is 33.7 Å². The number of piperazine rings is 1. The molecule has 2 amide bonds. The van der Waals surface area contributed by atoms with E-state index in [4.69, 9.17) is 9.47 Å². The number of carbonyl (C=O) groups excluding carboxylic acids is 2. The third-order valence-corrected chi connectivity index (χ3v) is 6.63. The monoisotopic (exact) mass is 492 g/mol. The summed E-state index contributed by atoms with van der Waals surface area (Å²) >= 11 is 0. The number of amides is 2. The largest absolute Gasteiger partial charge is 0.494 e. The molecule has 2 heterocycles. The quantitative estimate of drug-likeness (QED) is 0.547. The first-order chi connectivity index (χ1) is 17.4. The summed E-state index contributed by atoms with van der Waals surface area (Å²) in [7, 11) is 0. The molecule has 1 atom stereocenters. The third-order valence-electron chi connectivity index (χ3n) is 6.63. The molecule has 192 valence electrons. The Hall–Kier alpha value is -3.52. The molecular weight excluding hydrogens is 456 g/mol. The predicted molar refractivity (Wildman–Crippen MR) is 140 cm³/mol. The fourth-order valence-corrected chi connectivity index (χ4v) is 4.80. The summed E-state index contributed by atoms with van der Waals surface area (Å²) in [6.45, 7) is 12.7. The molecule has 2 aliphatic heterocycles. The van der Waals surface area contributed by atoms with Gasteiger partial charge in [-0.05, 0) is 62.6 Å². The van der Waals surface area contributed by atoms with E-state index in [0.717, 1.165) is 37.5 Å². The maximum absolute atomic E-state index is 13.1. The zero-order valence-electron chi connectivity index (χ0n) is 21.6. The molecule has 0 bridgehead atoms. The van der Waals surface area contributed by atoms with Crippen LogP contribution >= 0.6 is 0 Å². The van der Waals surface area contributed by atoms with Crippen LogP contribution in [-0.4, -0.2) is 62.8 Å². The fraction of sp³-hybridized carbons (Fsp3) is 0.429. The van der Waals surface area contributed by atoms with Crippen LogP contribution < -0.4 is 20.3 Å². The number of aryl methyl sites for hydroxylation is 2. The van der Waals surface area contributed by atoms with Gasteiger partial charge in [0.25, 0.3) is 0 Å². The minimum absolute atomic E-state index is 0.258. The number of rotatable bonds is 8. The highest BCUT2D eigenvalue weighted by molar-refractivity contribution is 5.95. The number of urea groups is 1. The van der Waals surface area contributed by atoms with Crippen molar-refractivity contribution in [3.05, 3.63) is 70.4 Å². The summed E-state index contributed by atoms with van der Waals surface area (Å²) in [6.07, 6.45) is 0. The van der Waals surface area contributed by atoms with Crippen molar-refractivity contribution in [2.75, 3.05) is 50.8 Å². The lowest BCUT2D eigenvalue weighted by molar-refractivity contribution is -0.139. The zero-order chi connectivity index (χ0) is 25.7. The van der Waals surface area contributed by atoms with E-state index < -0.39 is 12.0 Å². The molecule has 8 heteroatoms. The van der Waals surface area contributed by atoms with E-state index in [1.807, 2.05) is 31.2 Å². The summed E-state index contributed by atoms with van der Waals surface area (Å²) in [4.78, 5) is 30.4. The van der Waals surface area contributed by atoms with Gasteiger partial charge in [-0.2, -0.15) is 0 Å². The normalized spacial score (nSPS) is 18.5. The van der Waals surface area contributed by atoms with Crippen molar-refractivity contribution in [2.24, 2.45) is 0 Å². The topological polar surface area (TPSA) is 83.1 Å². The molecule has 1 saturated heterocycles. The highest BCUT2D eigenvalue weighted by Gasteiger charge is 2.34. The van der Waals surface area contributed by atoms with Gasteiger partial charge in [-0.15, -0.1) is 0 Å². The Morgan fingerprint density at radius 2 is 1.72 bits per heavy atom. The molecule has 0 radical (unpaired) electrons. The smallest absolute Gasteiger partial charge is 0.338 e. The molecular formula is C28H36N4O4. The minimum Gasteiger partial charge on any atom is -0.494 e. The van der Waals surface area contributed by atoms with E-state index >= 15 is 0 Å². The van der Waals surface area contributed by atoms with Crippen LogP contribution in [0, 0.1) is 13.8 Å². The second-order valence-corrected chi connectivity index (χ2v) is 9.20. The molecule has 8 nitrogen and oxygen atoms in total. The summed E-state index contributed by atoms with van der Waals surface area (Å²) in [5, 5.41) is 5.80. The Labute approximate surface area is 213 Å². The standard InChI is InChI=1S/C28H36N4O4/c1-5-35-22-11-9-21(10-12-22)26-25(27(33)36-6-2)23(29-28(34)30-26)18-31-13-15-32(16-14-31)24-17-19(3)7-8-20(24)4/h7-12,17,26H,5-6,13-16,18H2,1-4H3,(H2,29,30,34)/t26-/m0/s1. The molecule has 0 aromatic heterocycles. The Kier molecular flexibility index (Phi) is 8.15. The SMILES string of the molecule is CCOC(=O)C1=C(CN2CCN(c3cc(C)ccc3C)CC2)NC(=O)N[C@H]1c1ccc(OCC)cc1. The number of hydrogen-bond donors (Lipinski definition) is 2. The molecule has 2 N–H and O–H groups in total. The second kappa shape index (κ2) is 11.5. The predicted octanol–water partition coefficient (Wildman–Crippen LogP) is 3.70. The molecule has 0 saturated carbocycles. The first kappa shape index (κ1) is 25.6. The van der Waals surface area contributed by atoms with E-state index in [2.05, 4.69) is 52.5 Å². The number of hydrogen-bond acceptors (Lipinski definition) is 6. The van der Waals surface area contributed by atoms with Crippen LogP contribution in [0.5, 0.6) is 5.75 Å². The number of esters is 1. The van der Waals surface area contributed by atoms with Crippen molar-refractivity contribution < 1.29 is 19.1 Å². The van der Waals surface area contributed by atoms with Crippen LogP contribution in [0.2, 0.25) is 0 Å². The Morgan fingerprint density at radius 3 is 2.39 bits per heavy atom. The lowest BCUT2D eigenvalue weighted by Crippen LogP contribution is -2.52.